The van der Waals surface area contributed by atoms with Crippen LogP contribution in [0, 0.1) is 24.7 Å². The number of nitrogens with zero attached hydrogens (tertiary/aromatic N) is 1. The van der Waals surface area contributed by atoms with Crippen LogP contribution in [0.2, 0.25) is 0 Å². The Bertz CT molecular complexity index is 1690. The monoisotopic (exact) mass is 771 g/mol. The Hall–Kier alpha value is -3.95. The molecule has 4 rings (SSSR count). The smallest absolute Gasteiger partial charge is 0.346 e. The molecular weight excluding hydrogens is 719 g/mol. The number of ether oxygens (including phenoxy) is 6. The van der Waals surface area contributed by atoms with Crippen LogP contribution >= 0.6 is 11.3 Å². The van der Waals surface area contributed by atoms with Gasteiger partial charge in [0.25, 0.3) is 0 Å². The van der Waals surface area contributed by atoms with E-state index in [9.17, 15) is 29.4 Å². The summed E-state index contributed by atoms with van der Waals surface area (Å²) in [5.41, 5.74) is -4.55. The highest BCUT2D eigenvalue weighted by molar-refractivity contribution is 7.09. The number of thiazole rings is 1. The summed E-state index contributed by atoms with van der Waals surface area (Å²) in [6.45, 7) is 15.2. The maximum Gasteiger partial charge on any atom is 0.346 e. The molecule has 1 aromatic heterocycles. The van der Waals surface area contributed by atoms with Gasteiger partial charge in [-0.05, 0) is 49.2 Å². The van der Waals surface area contributed by atoms with Gasteiger partial charge in [0.15, 0.2) is 6.10 Å². The van der Waals surface area contributed by atoms with Gasteiger partial charge in [0, 0.05) is 30.7 Å². The molecule has 2 N–H and O–H groups in total. The highest BCUT2D eigenvalue weighted by Crippen LogP contribution is 2.60. The van der Waals surface area contributed by atoms with Crippen molar-refractivity contribution in [2.45, 2.75) is 115 Å². The largest absolute Gasteiger partial charge is 0.467 e. The van der Waals surface area contributed by atoms with Crippen molar-refractivity contribution in [1.29, 1.82) is 0 Å². The molecular formula is C40H53NO12S. The molecule has 2 aromatic rings. The Morgan fingerprint density at radius 2 is 1.76 bits per heavy atom. The Kier molecular flexibility index (Phi) is 14.0. The topological polar surface area (TPSA) is 177 Å². The molecule has 2 bridgehead atoms. The first-order valence-corrected chi connectivity index (χ1v) is 19.0. The number of hydrogen-bond acceptors (Lipinski definition) is 14. The first kappa shape index (κ1) is 42.8. The van der Waals surface area contributed by atoms with Crippen LogP contribution in [0.25, 0.3) is 0 Å². The molecule has 0 radical (unpaired) electrons. The van der Waals surface area contributed by atoms with Crippen molar-refractivity contribution in [3.05, 3.63) is 76.3 Å². The van der Waals surface area contributed by atoms with Gasteiger partial charge in [-0.2, -0.15) is 0 Å². The number of esters is 4. The van der Waals surface area contributed by atoms with Crippen molar-refractivity contribution in [2.24, 2.45) is 17.8 Å². The van der Waals surface area contributed by atoms with Gasteiger partial charge in [0.1, 0.15) is 18.3 Å². The van der Waals surface area contributed by atoms with Crippen LogP contribution in [0.5, 0.6) is 0 Å². The Labute approximate surface area is 320 Å². The average Bonchev–Trinajstić information content (AvgIpc) is 3.67. The summed E-state index contributed by atoms with van der Waals surface area (Å²) in [5, 5.41) is 26.8. The molecule has 0 saturated carbocycles. The first-order valence-electron chi connectivity index (χ1n) is 18.1. The molecule has 2 fully saturated rings. The molecule has 14 heteroatoms. The Morgan fingerprint density at radius 1 is 1.09 bits per heavy atom. The third-order valence-corrected chi connectivity index (χ3v) is 11.1. The third-order valence-electron chi connectivity index (χ3n) is 10.3. The fourth-order valence-corrected chi connectivity index (χ4v) is 8.03. The molecule has 2 saturated heterocycles. The summed E-state index contributed by atoms with van der Waals surface area (Å²) >= 11 is 1.18. The van der Waals surface area contributed by atoms with Crippen LogP contribution in [-0.2, 0) is 54.0 Å². The lowest BCUT2D eigenvalue weighted by Gasteiger charge is -2.50. The van der Waals surface area contributed by atoms with Crippen molar-refractivity contribution < 1.29 is 57.8 Å². The molecule has 296 valence electrons. The van der Waals surface area contributed by atoms with Crippen molar-refractivity contribution >= 4 is 35.2 Å². The van der Waals surface area contributed by atoms with Gasteiger partial charge >= 0.3 is 23.9 Å². The highest BCUT2D eigenvalue weighted by Gasteiger charge is 2.85. The van der Waals surface area contributed by atoms with E-state index in [4.69, 9.17) is 28.4 Å². The van der Waals surface area contributed by atoms with E-state index >= 15 is 0 Å². The molecule has 3 heterocycles. The zero-order chi connectivity index (χ0) is 40.0. The van der Waals surface area contributed by atoms with E-state index in [1.807, 2.05) is 44.2 Å². The Morgan fingerprint density at radius 3 is 2.33 bits per heavy atom. The number of carbonyl (C=O) groups is 4. The zero-order valence-electron chi connectivity index (χ0n) is 32.2. The highest BCUT2D eigenvalue weighted by atomic mass is 32.1. The van der Waals surface area contributed by atoms with Crippen molar-refractivity contribution in [3.63, 3.8) is 0 Å². The summed E-state index contributed by atoms with van der Waals surface area (Å²) in [7, 11) is 1.98. The number of methoxy groups -OCH3 is 2. The van der Waals surface area contributed by atoms with E-state index < -0.39 is 65.3 Å². The standard InChI is InChI=1S/C40H53NO12S/c1-10-23(2)20-24(3)16-17-31(43)51-35-33(44)38(19-18-25(4)32(50-28(7)42)26(5)21-29-14-12-11-13-15-29)52-34(30-22-54-27(6)41-30)39(47,36(45)48-8)40(35,53-38)37(46)49-9/h11-17,22-24,26,32-35,44,47H,4,10,18-21H2,1-3,5-9H3/b17-16+/t23-,24+,26+,32+,33+,34?,35+,38-,39+,40-/m0/s1. The normalized spacial score (nSPS) is 28.4. The number of aromatic nitrogens is 1. The Balaban J connectivity index is 1.80. The van der Waals surface area contributed by atoms with E-state index in [2.05, 4.69) is 25.4 Å². The fourth-order valence-electron chi connectivity index (χ4n) is 7.41. The number of hydrogen-bond donors (Lipinski definition) is 2. The second kappa shape index (κ2) is 17.7. The maximum atomic E-state index is 14.1. The van der Waals surface area contributed by atoms with Gasteiger partial charge < -0.3 is 38.6 Å². The number of aliphatic hydroxyl groups is 2. The SMILES string of the molecule is C=C(CC[C@]12OC(c3csc(C)n3)[C@@](O)(C(=O)OC)[C@](C(=O)OC)(O1)[C@H](OC(=O)/C=C/[C@@H](C)C[C@@H](C)CC)[C@H]2O)[C@@H](OC(C)=O)[C@H](C)Cc1ccccc1. The maximum absolute atomic E-state index is 14.1. The number of carbonyl (C=O) groups excluding carboxylic acids is 4. The second-order valence-electron chi connectivity index (χ2n) is 14.4. The van der Waals surface area contributed by atoms with Crippen LogP contribution in [0.15, 0.2) is 60.0 Å². The van der Waals surface area contributed by atoms with Crippen LogP contribution in [-0.4, -0.2) is 88.6 Å². The van der Waals surface area contributed by atoms with Crippen LogP contribution in [0.4, 0.5) is 0 Å². The molecule has 13 nitrogen and oxygen atoms in total. The minimum absolute atomic E-state index is 0.0153. The summed E-state index contributed by atoms with van der Waals surface area (Å²) < 4.78 is 34.5. The van der Waals surface area contributed by atoms with Crippen molar-refractivity contribution in [3.8, 4) is 0 Å². The predicted molar refractivity (Wildman–Crippen MR) is 198 cm³/mol. The molecule has 0 amide bonds. The molecule has 1 aromatic carbocycles. The average molecular weight is 772 g/mol. The molecule has 1 unspecified atom stereocenters. The number of aliphatic hydroxyl groups excluding tert-OH is 1. The van der Waals surface area contributed by atoms with Crippen molar-refractivity contribution in [2.75, 3.05) is 14.2 Å². The molecule has 10 atom stereocenters. The minimum Gasteiger partial charge on any atom is -0.467 e. The lowest BCUT2D eigenvalue weighted by atomic mass is 9.73. The van der Waals surface area contributed by atoms with Crippen LogP contribution < -0.4 is 0 Å². The van der Waals surface area contributed by atoms with Crippen molar-refractivity contribution in [1.82, 2.24) is 4.98 Å². The van der Waals surface area contributed by atoms with E-state index in [-0.39, 0.29) is 30.4 Å². The number of rotatable bonds is 17. The zero-order valence-corrected chi connectivity index (χ0v) is 33.1. The van der Waals surface area contributed by atoms with E-state index in [0.717, 1.165) is 32.6 Å². The van der Waals surface area contributed by atoms with Gasteiger partial charge in [0.2, 0.25) is 17.0 Å². The number of benzene rings is 1. The summed E-state index contributed by atoms with van der Waals surface area (Å²) in [6.07, 6.45) is -1.82. The number of allylic oxidation sites excluding steroid dienone is 1. The molecule has 54 heavy (non-hydrogen) atoms. The second-order valence-corrected chi connectivity index (χ2v) is 15.5. The number of fused-ring (bicyclic) bond motifs is 2. The van der Waals surface area contributed by atoms with Gasteiger partial charge in [-0.1, -0.05) is 77.1 Å². The van der Waals surface area contributed by atoms with E-state index in [0.29, 0.717) is 22.9 Å². The minimum atomic E-state index is -3.10. The molecule has 2 aliphatic heterocycles. The van der Waals surface area contributed by atoms with Gasteiger partial charge in [-0.15, -0.1) is 11.3 Å². The van der Waals surface area contributed by atoms with Gasteiger partial charge in [-0.3, -0.25) is 4.79 Å². The fraction of sp³-hybridized carbons (Fsp3) is 0.575. The van der Waals surface area contributed by atoms with E-state index in [1.165, 1.54) is 29.7 Å². The van der Waals surface area contributed by atoms with Gasteiger partial charge in [-0.25, -0.2) is 19.4 Å². The lowest BCUT2D eigenvalue weighted by molar-refractivity contribution is -0.383. The quantitative estimate of drug-likeness (QED) is 0.0940. The molecule has 0 spiro atoms. The van der Waals surface area contributed by atoms with Crippen LogP contribution in [0.3, 0.4) is 0 Å². The molecule has 0 aliphatic carbocycles. The van der Waals surface area contributed by atoms with Gasteiger partial charge in [0.05, 0.1) is 24.9 Å². The number of aryl methyl sites for hydroxylation is 1. The van der Waals surface area contributed by atoms with E-state index in [1.54, 1.807) is 13.0 Å². The summed E-state index contributed by atoms with van der Waals surface area (Å²) in [4.78, 5) is 58.1. The third kappa shape index (κ3) is 8.47. The summed E-state index contributed by atoms with van der Waals surface area (Å²) in [5.74, 6) is -6.34. The lowest BCUT2D eigenvalue weighted by Crippen LogP contribution is -2.74. The first-order chi connectivity index (χ1) is 25.5. The predicted octanol–water partition coefficient (Wildman–Crippen LogP) is 5.11. The molecule has 2 aliphatic rings. The van der Waals surface area contributed by atoms with Crippen LogP contribution in [0.1, 0.15) is 82.7 Å². The summed E-state index contributed by atoms with van der Waals surface area (Å²) in [6, 6.07) is 9.63.